The maximum atomic E-state index is 12.4. The van der Waals surface area contributed by atoms with Gasteiger partial charge in [-0.3, -0.25) is 9.69 Å². The van der Waals surface area contributed by atoms with Crippen molar-refractivity contribution in [3.8, 4) is 0 Å². The van der Waals surface area contributed by atoms with Gasteiger partial charge in [-0.25, -0.2) is 4.98 Å². The molecule has 1 amide bonds. The van der Waals surface area contributed by atoms with Crippen molar-refractivity contribution in [1.29, 1.82) is 0 Å². The fourth-order valence-electron chi connectivity index (χ4n) is 2.77. The number of nitrogens with zero attached hydrogens (tertiary/aromatic N) is 2. The lowest BCUT2D eigenvalue weighted by Crippen LogP contribution is -2.37. The maximum Gasteiger partial charge on any atom is 0.234 e. The molecule has 0 saturated heterocycles. The lowest BCUT2D eigenvalue weighted by molar-refractivity contribution is -0.123. The number of carbonyl (C=O) groups is 1. The number of likely N-dealkylation sites (N-methyl/N-ethyl adjacent to an activating group) is 1. The minimum Gasteiger partial charge on any atom is -0.348 e. The standard InChI is InChI=1S/C20H22ClN3OS/c1-13(15-7-6-8-16(21)11-15)22-19(25)12-24(3)14(2)20-23-17-9-4-5-10-18(17)26-20/h4-11,13-14H,12H2,1-3H3,(H,22,25)/t13-,14-/m0/s1. The molecule has 0 aliphatic carbocycles. The molecule has 0 radical (unpaired) electrons. The monoisotopic (exact) mass is 387 g/mol. The van der Waals surface area contributed by atoms with Gasteiger partial charge in [-0.05, 0) is 50.7 Å². The largest absolute Gasteiger partial charge is 0.348 e. The van der Waals surface area contributed by atoms with Crippen molar-refractivity contribution in [2.24, 2.45) is 0 Å². The summed E-state index contributed by atoms with van der Waals surface area (Å²) in [7, 11) is 1.94. The number of fused-ring (bicyclic) bond motifs is 1. The molecule has 0 bridgehead atoms. The third kappa shape index (κ3) is 4.41. The van der Waals surface area contributed by atoms with Crippen LogP contribution in [-0.2, 0) is 4.79 Å². The Morgan fingerprint density at radius 1 is 1.23 bits per heavy atom. The summed E-state index contributed by atoms with van der Waals surface area (Å²) in [5.74, 6) is -0.0204. The highest BCUT2D eigenvalue weighted by Crippen LogP contribution is 2.28. The molecular weight excluding hydrogens is 366 g/mol. The lowest BCUT2D eigenvalue weighted by Gasteiger charge is -2.23. The van der Waals surface area contributed by atoms with Gasteiger partial charge in [-0.1, -0.05) is 35.9 Å². The van der Waals surface area contributed by atoms with Crippen LogP contribution in [-0.4, -0.2) is 29.4 Å². The van der Waals surface area contributed by atoms with E-state index in [1.54, 1.807) is 11.3 Å². The van der Waals surface area contributed by atoms with Gasteiger partial charge < -0.3 is 5.32 Å². The van der Waals surface area contributed by atoms with Crippen molar-refractivity contribution in [1.82, 2.24) is 15.2 Å². The van der Waals surface area contributed by atoms with Gasteiger partial charge in [-0.2, -0.15) is 0 Å². The fraction of sp³-hybridized carbons (Fsp3) is 0.300. The number of rotatable bonds is 6. The van der Waals surface area contributed by atoms with Gasteiger partial charge in [0.25, 0.3) is 0 Å². The van der Waals surface area contributed by atoms with E-state index < -0.39 is 0 Å². The first-order chi connectivity index (χ1) is 12.4. The zero-order valence-corrected chi connectivity index (χ0v) is 16.6. The van der Waals surface area contributed by atoms with Gasteiger partial charge >= 0.3 is 0 Å². The Morgan fingerprint density at radius 2 is 2.00 bits per heavy atom. The summed E-state index contributed by atoms with van der Waals surface area (Å²) in [5, 5.41) is 4.72. The highest BCUT2D eigenvalue weighted by Gasteiger charge is 2.19. The average molecular weight is 388 g/mol. The number of halogens is 1. The molecule has 0 unspecified atom stereocenters. The summed E-state index contributed by atoms with van der Waals surface area (Å²) >= 11 is 7.70. The molecule has 1 N–H and O–H groups in total. The highest BCUT2D eigenvalue weighted by molar-refractivity contribution is 7.18. The molecule has 0 spiro atoms. The molecule has 4 nitrogen and oxygen atoms in total. The second-order valence-electron chi connectivity index (χ2n) is 6.46. The van der Waals surface area contributed by atoms with E-state index in [0.717, 1.165) is 16.1 Å². The first-order valence-electron chi connectivity index (χ1n) is 8.54. The lowest BCUT2D eigenvalue weighted by atomic mass is 10.1. The molecular formula is C20H22ClN3OS. The number of carbonyl (C=O) groups excluding carboxylic acids is 1. The van der Waals surface area contributed by atoms with E-state index in [9.17, 15) is 4.79 Å². The molecule has 1 aromatic heterocycles. The van der Waals surface area contributed by atoms with E-state index >= 15 is 0 Å². The average Bonchev–Trinajstić information content (AvgIpc) is 3.04. The van der Waals surface area contributed by atoms with Crippen molar-refractivity contribution in [2.45, 2.75) is 25.9 Å². The minimum atomic E-state index is -0.0904. The van der Waals surface area contributed by atoms with E-state index in [-0.39, 0.29) is 18.0 Å². The molecule has 2 aromatic carbocycles. The van der Waals surface area contributed by atoms with Gasteiger partial charge in [0.05, 0.1) is 28.8 Å². The molecule has 6 heteroatoms. The topological polar surface area (TPSA) is 45.2 Å². The van der Waals surface area contributed by atoms with Crippen LogP contribution in [0.4, 0.5) is 0 Å². The normalized spacial score (nSPS) is 13.7. The molecule has 1 heterocycles. The predicted molar refractivity (Wildman–Crippen MR) is 109 cm³/mol. The van der Waals surface area contributed by atoms with Crippen LogP contribution in [0.2, 0.25) is 5.02 Å². The van der Waals surface area contributed by atoms with Gasteiger partial charge in [0.15, 0.2) is 0 Å². The van der Waals surface area contributed by atoms with Crippen molar-refractivity contribution in [2.75, 3.05) is 13.6 Å². The Kier molecular flexibility index (Phi) is 5.91. The molecule has 2 atom stereocenters. The third-order valence-corrected chi connectivity index (χ3v) is 5.89. The van der Waals surface area contributed by atoms with Crippen LogP contribution in [0, 0.1) is 0 Å². The number of hydrogen-bond donors (Lipinski definition) is 1. The number of nitrogens with one attached hydrogen (secondary N) is 1. The van der Waals surface area contributed by atoms with Crippen molar-refractivity contribution >= 4 is 39.1 Å². The van der Waals surface area contributed by atoms with Crippen LogP contribution < -0.4 is 5.32 Å². The molecule has 0 aliphatic rings. The number of amides is 1. The molecule has 0 fully saturated rings. The zero-order valence-electron chi connectivity index (χ0n) is 15.1. The first kappa shape index (κ1) is 18.8. The van der Waals surface area contributed by atoms with E-state index in [1.165, 1.54) is 4.70 Å². The summed E-state index contributed by atoms with van der Waals surface area (Å²) in [6.45, 7) is 4.34. The summed E-state index contributed by atoms with van der Waals surface area (Å²) < 4.78 is 1.17. The van der Waals surface area contributed by atoms with Crippen LogP contribution in [0.5, 0.6) is 0 Å². The molecule has 3 aromatic rings. The quantitative estimate of drug-likeness (QED) is 0.659. The Morgan fingerprint density at radius 3 is 2.73 bits per heavy atom. The van der Waals surface area contributed by atoms with Gasteiger partial charge in [0.1, 0.15) is 5.01 Å². The van der Waals surface area contributed by atoms with Crippen LogP contribution in [0.1, 0.15) is 36.5 Å². The Labute approximate surface area is 162 Å². The molecule has 136 valence electrons. The summed E-state index contributed by atoms with van der Waals surface area (Å²) in [4.78, 5) is 19.1. The summed E-state index contributed by atoms with van der Waals surface area (Å²) in [6, 6.07) is 15.6. The Balaban J connectivity index is 1.61. The SMILES string of the molecule is C[C@H](NC(=O)CN(C)[C@@H](C)c1nc2ccccc2s1)c1cccc(Cl)c1. The van der Waals surface area contributed by atoms with Gasteiger partial charge in [-0.15, -0.1) is 11.3 Å². The smallest absolute Gasteiger partial charge is 0.234 e. The zero-order chi connectivity index (χ0) is 18.7. The summed E-state index contributed by atoms with van der Waals surface area (Å²) in [5.41, 5.74) is 2.00. The Hall–Kier alpha value is -1.95. The third-order valence-electron chi connectivity index (χ3n) is 4.45. The number of aromatic nitrogens is 1. The van der Waals surface area contributed by atoms with E-state index in [4.69, 9.17) is 11.6 Å². The molecule has 3 rings (SSSR count). The van der Waals surface area contributed by atoms with Crippen molar-refractivity contribution in [3.63, 3.8) is 0 Å². The fourth-order valence-corrected chi connectivity index (χ4v) is 4.05. The highest BCUT2D eigenvalue weighted by atomic mass is 35.5. The van der Waals surface area contributed by atoms with E-state index in [1.807, 2.05) is 61.3 Å². The van der Waals surface area contributed by atoms with Crippen molar-refractivity contribution < 1.29 is 4.79 Å². The Bertz CT molecular complexity index is 878. The van der Waals surface area contributed by atoms with Crippen molar-refractivity contribution in [3.05, 3.63) is 64.1 Å². The van der Waals surface area contributed by atoms with Crippen LogP contribution in [0.15, 0.2) is 48.5 Å². The number of hydrogen-bond acceptors (Lipinski definition) is 4. The second-order valence-corrected chi connectivity index (χ2v) is 7.95. The molecule has 0 aliphatic heterocycles. The van der Waals surface area contributed by atoms with E-state index in [0.29, 0.717) is 11.6 Å². The van der Waals surface area contributed by atoms with Crippen LogP contribution in [0.25, 0.3) is 10.2 Å². The maximum absolute atomic E-state index is 12.4. The number of thiazole rings is 1. The molecule has 0 saturated carbocycles. The summed E-state index contributed by atoms with van der Waals surface area (Å²) in [6.07, 6.45) is 0. The van der Waals surface area contributed by atoms with E-state index in [2.05, 4.69) is 23.3 Å². The number of para-hydroxylation sites is 1. The number of benzene rings is 2. The van der Waals surface area contributed by atoms with Gasteiger partial charge in [0, 0.05) is 5.02 Å². The molecule has 26 heavy (non-hydrogen) atoms. The second kappa shape index (κ2) is 8.16. The van der Waals surface area contributed by atoms with Gasteiger partial charge in [0.2, 0.25) is 5.91 Å². The predicted octanol–water partition coefficient (Wildman–Crippen LogP) is 4.82. The first-order valence-corrected chi connectivity index (χ1v) is 9.74. The van der Waals surface area contributed by atoms with Crippen LogP contribution >= 0.6 is 22.9 Å². The van der Waals surface area contributed by atoms with Crippen LogP contribution in [0.3, 0.4) is 0 Å². The minimum absolute atomic E-state index is 0.0204.